The van der Waals surface area contributed by atoms with Crippen molar-refractivity contribution in [2.75, 3.05) is 64.1 Å². The van der Waals surface area contributed by atoms with Gasteiger partial charge in [-0.2, -0.15) is 0 Å². The van der Waals surface area contributed by atoms with Crippen molar-refractivity contribution < 1.29 is 24.3 Å². The molecule has 476 valence electrons. The van der Waals surface area contributed by atoms with Crippen LogP contribution in [0.2, 0.25) is 0 Å². The molecule has 0 aliphatic carbocycles. The maximum absolute atomic E-state index is 10.0. The summed E-state index contributed by atoms with van der Waals surface area (Å²) in [6.45, 7) is 15.2. The summed E-state index contributed by atoms with van der Waals surface area (Å²) >= 11 is 16.9. The van der Waals surface area contributed by atoms with Crippen molar-refractivity contribution in [2.24, 2.45) is 0 Å². The van der Waals surface area contributed by atoms with Gasteiger partial charge in [0.2, 0.25) is 0 Å². The van der Waals surface area contributed by atoms with Gasteiger partial charge in [-0.15, -0.1) is 0 Å². The number of nitrogens with zero attached hydrogens (tertiary/aromatic N) is 6. The molecule has 0 spiro atoms. The van der Waals surface area contributed by atoms with Gasteiger partial charge in [0.1, 0.15) is 5.69 Å². The number of nitrogen functional groups attached to an aromatic ring is 2. The summed E-state index contributed by atoms with van der Waals surface area (Å²) in [6.07, 6.45) is 7.90. The highest BCUT2D eigenvalue weighted by Gasteiger charge is 2.16. The first-order chi connectivity index (χ1) is 45.0. The van der Waals surface area contributed by atoms with Crippen LogP contribution in [0.25, 0.3) is 54.2 Å². The molecule has 12 aromatic rings. The molecule has 6 heterocycles. The first-order valence-electron chi connectivity index (χ1n) is 30.0. The maximum Gasteiger partial charge on any atom is 0.489 e. The average molecular weight is 1560 g/mol. The molecule has 0 radical (unpaired) electrons. The normalized spacial score (nSPS) is 12.8. The van der Waals surface area contributed by atoms with Crippen LogP contribution in [0.1, 0.15) is 38.7 Å². The monoisotopic (exact) mass is 1560 g/mol. The van der Waals surface area contributed by atoms with Crippen molar-refractivity contribution in [2.45, 2.75) is 33.9 Å². The third kappa shape index (κ3) is 22.0. The zero-order chi connectivity index (χ0) is 66.1. The summed E-state index contributed by atoms with van der Waals surface area (Å²) in [7, 11) is -1.40. The lowest BCUT2D eigenvalue weighted by Crippen LogP contribution is -2.35. The number of hydrogen-bond donors (Lipinski definition) is 4. The third-order valence-electron chi connectivity index (χ3n) is 15.1. The number of ether oxygens (including phenoxy) is 2. The molecule has 2 saturated heterocycles. The smallest absolute Gasteiger partial charge is 0.423 e. The first kappa shape index (κ1) is 71.7. The Kier molecular flexibility index (Phi) is 28.6. The van der Waals surface area contributed by atoms with E-state index in [0.29, 0.717) is 17.4 Å². The zero-order valence-corrected chi connectivity index (χ0v) is 59.8. The van der Waals surface area contributed by atoms with Gasteiger partial charge < -0.3 is 31.0 Å². The van der Waals surface area contributed by atoms with E-state index < -0.39 is 7.12 Å². The topological polar surface area (TPSA) is 186 Å². The highest BCUT2D eigenvalue weighted by Crippen LogP contribution is 2.33. The largest absolute Gasteiger partial charge is 0.489 e. The summed E-state index contributed by atoms with van der Waals surface area (Å²) < 4.78 is 15.9. The van der Waals surface area contributed by atoms with E-state index in [1.807, 2.05) is 123 Å². The third-order valence-corrected chi connectivity index (χ3v) is 17.8. The SMILES string of the molecule is Brc1ccc(CN2CCOCC2)nc1.Cc1ccc(B(O)O)c2ccccc12.Cc1ccc(Br)c2ccccc12.Cc1ccc(Br)cn1.Nc1ccc(-c2ccc(CN3CCOCC3)nc2)c2ccccc12.Nc1ccc(Br)c2ccccc12.O=Cc1ccc(Br)cn1. The molecular formula is C74H72BBr5N8O5. The van der Waals surface area contributed by atoms with Crippen molar-refractivity contribution in [3.8, 4) is 11.1 Å². The van der Waals surface area contributed by atoms with Crippen molar-refractivity contribution >= 4 is 153 Å². The van der Waals surface area contributed by atoms with Gasteiger partial charge in [0, 0.05) is 120 Å². The number of aryl methyl sites for hydroxylation is 3. The fraction of sp³-hybridized carbons (Fsp3) is 0.176. The summed E-state index contributed by atoms with van der Waals surface area (Å²) in [5.74, 6) is 0. The molecule has 0 atom stereocenters. The van der Waals surface area contributed by atoms with E-state index >= 15 is 0 Å². The molecule has 2 aliphatic rings. The van der Waals surface area contributed by atoms with Crippen LogP contribution in [0, 0.1) is 20.8 Å². The Morgan fingerprint density at radius 2 is 0.860 bits per heavy atom. The Hall–Kier alpha value is -7.11. The Bertz CT molecular complexity index is 4130. The second-order valence-electron chi connectivity index (χ2n) is 21.7. The van der Waals surface area contributed by atoms with Gasteiger partial charge >= 0.3 is 7.12 Å². The summed E-state index contributed by atoms with van der Waals surface area (Å²) in [6, 6.07) is 64.0. The second kappa shape index (κ2) is 37.1. The number of morpholine rings is 2. The van der Waals surface area contributed by atoms with Crippen LogP contribution < -0.4 is 16.9 Å². The first-order valence-corrected chi connectivity index (χ1v) is 34.0. The number of carbonyl (C=O) groups is 1. The van der Waals surface area contributed by atoms with Gasteiger partial charge in [-0.05, 0) is 190 Å². The fourth-order valence-corrected chi connectivity index (χ4v) is 11.7. The van der Waals surface area contributed by atoms with Crippen molar-refractivity contribution in [3.63, 3.8) is 0 Å². The predicted molar refractivity (Wildman–Crippen MR) is 401 cm³/mol. The maximum atomic E-state index is 10.0. The number of anilines is 2. The van der Waals surface area contributed by atoms with Crippen molar-refractivity contribution in [1.82, 2.24) is 29.7 Å². The molecule has 13 nitrogen and oxygen atoms in total. The van der Waals surface area contributed by atoms with E-state index in [0.717, 1.165) is 150 Å². The fourth-order valence-electron chi connectivity index (χ4n) is 10.0. The number of carbonyl (C=O) groups excluding carboxylic acids is 1. The highest BCUT2D eigenvalue weighted by molar-refractivity contribution is 9.11. The molecule has 6 N–H and O–H groups in total. The van der Waals surface area contributed by atoms with E-state index in [-0.39, 0.29) is 0 Å². The van der Waals surface area contributed by atoms with Crippen LogP contribution in [-0.2, 0) is 22.6 Å². The molecule has 93 heavy (non-hydrogen) atoms. The lowest BCUT2D eigenvalue weighted by atomic mass is 9.76. The van der Waals surface area contributed by atoms with Gasteiger partial charge in [-0.3, -0.25) is 34.5 Å². The lowest BCUT2D eigenvalue weighted by Gasteiger charge is -2.26. The summed E-state index contributed by atoms with van der Waals surface area (Å²) in [5.41, 5.74) is 22.6. The van der Waals surface area contributed by atoms with E-state index in [2.05, 4.69) is 195 Å². The van der Waals surface area contributed by atoms with Crippen LogP contribution in [0.5, 0.6) is 0 Å². The number of nitrogens with two attached hydrogens (primary N) is 2. The zero-order valence-electron chi connectivity index (χ0n) is 51.9. The quantitative estimate of drug-likeness (QED) is 0.0672. The summed E-state index contributed by atoms with van der Waals surface area (Å²) in [4.78, 5) is 31.6. The molecule has 4 aromatic heterocycles. The average Bonchev–Trinajstić information content (AvgIpc) is 0.871. The predicted octanol–water partition coefficient (Wildman–Crippen LogP) is 16.7. The molecule has 19 heteroatoms. The molecule has 8 aromatic carbocycles. The van der Waals surface area contributed by atoms with Crippen LogP contribution in [0.3, 0.4) is 0 Å². The van der Waals surface area contributed by atoms with Crippen LogP contribution in [0.15, 0.2) is 241 Å². The molecule has 0 unspecified atom stereocenters. The van der Waals surface area contributed by atoms with Gasteiger partial charge in [0.25, 0.3) is 0 Å². The molecule has 14 rings (SSSR count). The number of benzene rings is 8. The summed E-state index contributed by atoms with van der Waals surface area (Å²) in [5, 5.41) is 27.4. The van der Waals surface area contributed by atoms with Gasteiger partial charge in [-0.25, -0.2) is 0 Å². The van der Waals surface area contributed by atoms with Crippen molar-refractivity contribution in [1.29, 1.82) is 0 Å². The van der Waals surface area contributed by atoms with Crippen LogP contribution >= 0.6 is 79.6 Å². The van der Waals surface area contributed by atoms with E-state index in [1.54, 1.807) is 30.6 Å². The van der Waals surface area contributed by atoms with Gasteiger partial charge in [-0.1, -0.05) is 159 Å². The minimum absolute atomic E-state index is 0.457. The van der Waals surface area contributed by atoms with Gasteiger partial charge in [0.15, 0.2) is 6.29 Å². The number of rotatable bonds is 7. The number of aromatic nitrogens is 4. The number of halogens is 5. The van der Waals surface area contributed by atoms with Gasteiger partial charge in [0.05, 0.1) is 37.8 Å². The Balaban J connectivity index is 0.000000144. The Morgan fingerprint density at radius 3 is 1.31 bits per heavy atom. The molecule has 0 saturated carbocycles. The molecule has 2 aliphatic heterocycles. The van der Waals surface area contributed by atoms with E-state index in [9.17, 15) is 4.79 Å². The number of pyridine rings is 4. The number of hydrogen-bond acceptors (Lipinski definition) is 13. The molecule has 0 amide bonds. The van der Waals surface area contributed by atoms with Crippen molar-refractivity contribution in [3.05, 3.63) is 275 Å². The molecule has 0 bridgehead atoms. The van der Waals surface area contributed by atoms with Crippen LogP contribution in [0.4, 0.5) is 11.4 Å². The standard InChI is InChI=1S/C20H21N3O.C11H11BO2.C11H9Br.C10H13BrN2O.C10H8BrN.C6H4BrNO.C6H6BrN/c21-20-8-7-17(18-3-1-2-4-19(18)20)15-5-6-16(22-13-15)14-23-9-11-24-12-10-23;1-8-6-7-11(12(13)14)10-5-3-2-4-9(8)10;1-8-6-7-11(12)10-5-3-2-4-9(8)10;11-9-1-2-10(12-7-9)8-13-3-5-14-6-4-13;11-9-5-6-10(12)8-4-2-1-3-7(8)9;7-5-1-2-6(4-9)8-3-5;1-5-2-3-6(7)4-8-5/h1-8,13H,9-12,14,21H2;2-7,13-14H,1H3;2-7H,1H3;1-2,7H,3-6,8H2;1-6H,12H2;1-4H;2-4H,1H3. The highest BCUT2D eigenvalue weighted by atomic mass is 79.9. The number of aldehydes is 1. The molecule has 2 fully saturated rings. The van der Waals surface area contributed by atoms with Crippen LogP contribution in [-0.4, -0.2) is 106 Å². The van der Waals surface area contributed by atoms with E-state index in [4.69, 9.17) is 31.0 Å². The minimum Gasteiger partial charge on any atom is -0.423 e. The molecular weight excluding hydrogens is 1490 g/mol. The second-order valence-corrected chi connectivity index (χ2v) is 26.1. The Morgan fingerprint density at radius 1 is 0.441 bits per heavy atom. The minimum atomic E-state index is -1.40. The number of fused-ring (bicyclic) bond motifs is 4. The Labute approximate surface area is 586 Å². The van der Waals surface area contributed by atoms with E-state index in [1.165, 1.54) is 31.8 Å². The lowest BCUT2D eigenvalue weighted by molar-refractivity contribution is 0.0336.